The molecule has 0 radical (unpaired) electrons. The van der Waals surface area contributed by atoms with Crippen LogP contribution in [0.25, 0.3) is 0 Å². The number of pyridine rings is 1. The lowest BCUT2D eigenvalue weighted by Gasteiger charge is -2.35. The van der Waals surface area contributed by atoms with Gasteiger partial charge in [-0.1, -0.05) is 6.07 Å². The van der Waals surface area contributed by atoms with Crippen LogP contribution in [0, 0.1) is 6.92 Å². The van der Waals surface area contributed by atoms with Crippen LogP contribution in [0.2, 0.25) is 0 Å². The van der Waals surface area contributed by atoms with Gasteiger partial charge in [-0.3, -0.25) is 9.88 Å². The molecule has 0 aromatic carbocycles. The predicted molar refractivity (Wildman–Crippen MR) is 85.6 cm³/mol. The minimum atomic E-state index is -0.0962. The van der Waals surface area contributed by atoms with Crippen molar-refractivity contribution in [3.05, 3.63) is 29.6 Å². The molecule has 0 spiro atoms. The average Bonchev–Trinajstić information content (AvgIpc) is 2.53. The van der Waals surface area contributed by atoms with E-state index in [-0.39, 0.29) is 18.7 Å². The first-order valence-corrected chi connectivity index (χ1v) is 7.92. The SMILES string of the molecule is Cc1cccnc1C(C)NC(=O)N1CCN(CCCO)CC1. The second-order valence-corrected chi connectivity index (χ2v) is 5.78. The van der Waals surface area contributed by atoms with Crippen LogP contribution in [-0.2, 0) is 0 Å². The molecule has 6 nitrogen and oxygen atoms in total. The minimum Gasteiger partial charge on any atom is -0.396 e. The molecule has 1 saturated heterocycles. The number of piperazine rings is 1. The van der Waals surface area contributed by atoms with Crippen molar-refractivity contribution in [1.82, 2.24) is 20.1 Å². The molecular formula is C16H26N4O2. The van der Waals surface area contributed by atoms with Gasteiger partial charge in [-0.05, 0) is 31.9 Å². The Labute approximate surface area is 132 Å². The zero-order chi connectivity index (χ0) is 15.9. The summed E-state index contributed by atoms with van der Waals surface area (Å²) in [5, 5.41) is 11.9. The lowest BCUT2D eigenvalue weighted by atomic mass is 10.1. The zero-order valence-electron chi connectivity index (χ0n) is 13.5. The van der Waals surface area contributed by atoms with Crippen LogP contribution >= 0.6 is 0 Å². The van der Waals surface area contributed by atoms with Crippen LogP contribution in [0.3, 0.4) is 0 Å². The summed E-state index contributed by atoms with van der Waals surface area (Å²) in [5.41, 5.74) is 2.00. The lowest BCUT2D eigenvalue weighted by Crippen LogP contribution is -2.52. The molecule has 1 aliphatic rings. The molecule has 2 amide bonds. The fraction of sp³-hybridized carbons (Fsp3) is 0.625. The molecule has 1 atom stereocenters. The van der Waals surface area contributed by atoms with E-state index in [0.717, 1.165) is 50.4 Å². The smallest absolute Gasteiger partial charge is 0.318 e. The van der Waals surface area contributed by atoms with Crippen molar-refractivity contribution in [3.8, 4) is 0 Å². The number of urea groups is 1. The van der Waals surface area contributed by atoms with Gasteiger partial charge in [0.25, 0.3) is 0 Å². The topological polar surface area (TPSA) is 68.7 Å². The lowest BCUT2D eigenvalue weighted by molar-refractivity contribution is 0.131. The van der Waals surface area contributed by atoms with Crippen LogP contribution < -0.4 is 5.32 Å². The molecule has 122 valence electrons. The van der Waals surface area contributed by atoms with Crippen molar-refractivity contribution in [3.63, 3.8) is 0 Å². The summed E-state index contributed by atoms with van der Waals surface area (Å²) in [5.74, 6) is 0. The summed E-state index contributed by atoms with van der Waals surface area (Å²) < 4.78 is 0. The fourth-order valence-electron chi connectivity index (χ4n) is 2.76. The van der Waals surface area contributed by atoms with Crippen molar-refractivity contribution < 1.29 is 9.90 Å². The maximum atomic E-state index is 12.3. The Morgan fingerprint density at radius 2 is 2.14 bits per heavy atom. The average molecular weight is 306 g/mol. The fourth-order valence-corrected chi connectivity index (χ4v) is 2.76. The number of aromatic nitrogens is 1. The first-order valence-electron chi connectivity index (χ1n) is 7.92. The highest BCUT2D eigenvalue weighted by molar-refractivity contribution is 5.74. The van der Waals surface area contributed by atoms with Gasteiger partial charge in [0.2, 0.25) is 0 Å². The second-order valence-electron chi connectivity index (χ2n) is 5.78. The van der Waals surface area contributed by atoms with Crippen molar-refractivity contribution >= 4 is 6.03 Å². The van der Waals surface area contributed by atoms with Crippen molar-refractivity contribution in [2.24, 2.45) is 0 Å². The van der Waals surface area contributed by atoms with Gasteiger partial charge in [-0.25, -0.2) is 4.79 Å². The molecule has 2 rings (SSSR count). The molecular weight excluding hydrogens is 280 g/mol. The minimum absolute atomic E-state index is 0.0284. The molecule has 2 N–H and O–H groups in total. The van der Waals surface area contributed by atoms with E-state index in [1.165, 1.54) is 0 Å². The molecule has 22 heavy (non-hydrogen) atoms. The van der Waals surface area contributed by atoms with Gasteiger partial charge < -0.3 is 15.3 Å². The highest BCUT2D eigenvalue weighted by atomic mass is 16.3. The molecule has 1 unspecified atom stereocenters. The van der Waals surface area contributed by atoms with Gasteiger partial charge in [0.1, 0.15) is 0 Å². The zero-order valence-corrected chi connectivity index (χ0v) is 13.5. The number of amides is 2. The maximum absolute atomic E-state index is 12.3. The molecule has 0 bridgehead atoms. The predicted octanol–water partition coefficient (Wildman–Crippen LogP) is 1.16. The van der Waals surface area contributed by atoms with Gasteiger partial charge in [0.15, 0.2) is 0 Å². The summed E-state index contributed by atoms with van der Waals surface area (Å²) >= 11 is 0. The molecule has 1 aromatic heterocycles. The standard InChI is InChI=1S/C16H26N4O2/c1-13-5-3-6-17-15(13)14(2)18-16(22)20-10-8-19(9-11-20)7-4-12-21/h3,5-6,14,21H,4,7-12H2,1-2H3,(H,18,22). The van der Waals surface area contributed by atoms with Crippen LogP contribution in [0.4, 0.5) is 4.79 Å². The summed E-state index contributed by atoms with van der Waals surface area (Å²) in [4.78, 5) is 20.8. The quantitative estimate of drug-likeness (QED) is 0.856. The van der Waals surface area contributed by atoms with Gasteiger partial charge >= 0.3 is 6.03 Å². The Hall–Kier alpha value is -1.66. The van der Waals surface area contributed by atoms with Crippen LogP contribution in [0.5, 0.6) is 0 Å². The van der Waals surface area contributed by atoms with E-state index in [0.29, 0.717) is 0 Å². The van der Waals surface area contributed by atoms with E-state index in [2.05, 4.69) is 15.2 Å². The highest BCUT2D eigenvalue weighted by Crippen LogP contribution is 2.14. The van der Waals surface area contributed by atoms with E-state index in [1.54, 1.807) is 6.20 Å². The Bertz CT molecular complexity index is 487. The molecule has 2 heterocycles. The number of hydrogen-bond donors (Lipinski definition) is 2. The van der Waals surface area contributed by atoms with Crippen LogP contribution in [0.15, 0.2) is 18.3 Å². The molecule has 1 aliphatic heterocycles. The number of carbonyl (C=O) groups is 1. The normalized spacial score (nSPS) is 17.3. The van der Waals surface area contributed by atoms with Gasteiger partial charge in [0, 0.05) is 45.5 Å². The molecule has 0 saturated carbocycles. The monoisotopic (exact) mass is 306 g/mol. The summed E-state index contributed by atoms with van der Waals surface area (Å²) in [7, 11) is 0. The third-order valence-electron chi connectivity index (χ3n) is 4.09. The Morgan fingerprint density at radius 1 is 1.41 bits per heavy atom. The van der Waals surface area contributed by atoms with Crippen molar-refractivity contribution in [2.45, 2.75) is 26.3 Å². The number of rotatable bonds is 5. The first-order chi connectivity index (χ1) is 10.6. The Morgan fingerprint density at radius 3 is 2.77 bits per heavy atom. The molecule has 0 aliphatic carbocycles. The third-order valence-corrected chi connectivity index (χ3v) is 4.09. The number of hydrogen-bond acceptors (Lipinski definition) is 4. The van der Waals surface area contributed by atoms with Crippen LogP contribution in [0.1, 0.15) is 30.6 Å². The van der Waals surface area contributed by atoms with Gasteiger partial charge in [0.05, 0.1) is 11.7 Å². The highest BCUT2D eigenvalue weighted by Gasteiger charge is 2.22. The number of carbonyl (C=O) groups excluding carboxylic acids is 1. The number of nitrogens with one attached hydrogen (secondary N) is 1. The van der Waals surface area contributed by atoms with E-state index >= 15 is 0 Å². The Kier molecular flexibility index (Phi) is 6.15. The van der Waals surface area contributed by atoms with Crippen molar-refractivity contribution in [2.75, 3.05) is 39.3 Å². The largest absolute Gasteiger partial charge is 0.396 e. The molecule has 1 aromatic rings. The third kappa shape index (κ3) is 4.42. The van der Waals surface area contributed by atoms with E-state index in [1.807, 2.05) is 30.9 Å². The van der Waals surface area contributed by atoms with E-state index in [4.69, 9.17) is 5.11 Å². The summed E-state index contributed by atoms with van der Waals surface area (Å²) in [6.07, 6.45) is 2.55. The first kappa shape index (κ1) is 16.7. The molecule has 1 fully saturated rings. The second kappa shape index (κ2) is 8.10. The number of nitrogens with zero attached hydrogens (tertiary/aromatic N) is 3. The summed E-state index contributed by atoms with van der Waals surface area (Å²) in [6.45, 7) is 8.28. The Balaban J connectivity index is 1.82. The van der Waals surface area contributed by atoms with Crippen LogP contribution in [-0.4, -0.2) is 65.3 Å². The van der Waals surface area contributed by atoms with Gasteiger partial charge in [-0.15, -0.1) is 0 Å². The van der Waals surface area contributed by atoms with Crippen molar-refractivity contribution in [1.29, 1.82) is 0 Å². The maximum Gasteiger partial charge on any atom is 0.318 e. The molecule has 6 heteroatoms. The van der Waals surface area contributed by atoms with Gasteiger partial charge in [-0.2, -0.15) is 0 Å². The van der Waals surface area contributed by atoms with E-state index in [9.17, 15) is 4.79 Å². The number of aliphatic hydroxyl groups excluding tert-OH is 1. The summed E-state index contributed by atoms with van der Waals surface area (Å²) in [6, 6.07) is 3.78. The number of aliphatic hydroxyl groups is 1. The number of aryl methyl sites for hydroxylation is 1. The van der Waals surface area contributed by atoms with E-state index < -0.39 is 0 Å².